The quantitative estimate of drug-likeness (QED) is 0.198. The van der Waals surface area contributed by atoms with Crippen LogP contribution in [0, 0.1) is 18.6 Å². The van der Waals surface area contributed by atoms with Gasteiger partial charge in [-0.1, -0.05) is 81.6 Å². The summed E-state index contributed by atoms with van der Waals surface area (Å²) in [6.45, 7) is 7.30. The van der Waals surface area contributed by atoms with Crippen LogP contribution < -0.4 is 9.64 Å². The van der Waals surface area contributed by atoms with Crippen molar-refractivity contribution in [3.05, 3.63) is 130 Å². The molecule has 242 valence electrons. The van der Waals surface area contributed by atoms with Gasteiger partial charge in [-0.2, -0.15) is 0 Å². The number of ether oxygens (including phenoxy) is 2. The predicted molar refractivity (Wildman–Crippen MR) is 184 cm³/mol. The van der Waals surface area contributed by atoms with Gasteiger partial charge in [-0.15, -0.1) is 0 Å². The van der Waals surface area contributed by atoms with E-state index in [1.807, 2.05) is 42.5 Å². The van der Waals surface area contributed by atoms with Gasteiger partial charge in [0, 0.05) is 53.0 Å². The number of anilines is 2. The average Bonchev–Trinajstić information content (AvgIpc) is 3.35. The Hall–Kier alpha value is -4.26. The lowest BCUT2D eigenvalue weighted by Crippen LogP contribution is -2.36. The molecule has 5 aromatic carbocycles. The van der Waals surface area contributed by atoms with Crippen molar-refractivity contribution < 1.29 is 23.7 Å². The molecule has 2 aliphatic heterocycles. The maximum absolute atomic E-state index is 15.0. The van der Waals surface area contributed by atoms with Crippen LogP contribution in [-0.2, 0) is 15.8 Å². The summed E-state index contributed by atoms with van der Waals surface area (Å²) >= 11 is 0. The molecule has 5 aromatic rings. The van der Waals surface area contributed by atoms with Crippen molar-refractivity contribution in [2.24, 2.45) is 0 Å². The number of hydrogen-bond acceptors (Lipinski definition) is 3. The van der Waals surface area contributed by atoms with Crippen LogP contribution in [0.15, 0.2) is 84.9 Å². The molecular formula is C41H41F2NO3. The van der Waals surface area contributed by atoms with Crippen LogP contribution in [0.1, 0.15) is 85.3 Å². The Kier molecular flexibility index (Phi) is 7.64. The third kappa shape index (κ3) is 4.76. The SMILES string of the molecule is COC1(c2cc(F)c(F)cc2C)c2ccc(N3CC(C)(C)c4cc(C5CCCCC5)ccc43)cc2Oc2c1ccc1ccccc21.O. The first-order valence-corrected chi connectivity index (χ1v) is 16.5. The normalized spacial score (nSPS) is 19.8. The molecule has 47 heavy (non-hydrogen) atoms. The third-order valence-corrected chi connectivity index (χ3v) is 10.8. The van der Waals surface area contributed by atoms with Crippen LogP contribution in [-0.4, -0.2) is 19.1 Å². The van der Waals surface area contributed by atoms with Crippen LogP contribution in [0.4, 0.5) is 20.2 Å². The van der Waals surface area contributed by atoms with Gasteiger partial charge in [0.15, 0.2) is 17.2 Å². The van der Waals surface area contributed by atoms with E-state index in [4.69, 9.17) is 9.47 Å². The van der Waals surface area contributed by atoms with Crippen LogP contribution in [0.2, 0.25) is 0 Å². The highest BCUT2D eigenvalue weighted by atomic mass is 19.2. The van der Waals surface area contributed by atoms with E-state index in [0.717, 1.165) is 34.1 Å². The molecule has 0 aromatic heterocycles. The average molecular weight is 634 g/mol. The first-order chi connectivity index (χ1) is 22.2. The molecule has 0 saturated heterocycles. The summed E-state index contributed by atoms with van der Waals surface area (Å²) in [5, 5.41) is 1.96. The topological polar surface area (TPSA) is 53.2 Å². The molecule has 3 aliphatic rings. The van der Waals surface area contributed by atoms with Crippen LogP contribution >= 0.6 is 0 Å². The molecule has 0 amide bonds. The standard InChI is InChI=1S/C41H39F2NO2.H2O/c1-25-20-35(42)36(43)23-33(25)41(45-4)31-18-16-29(22-38(31)46-39-30-13-9-8-12-27(30)14-17-32(39)41)44-24-40(2,3)34-21-28(15-19-37(34)44)26-10-6-5-7-11-26;/h8-9,12-23,26H,5-7,10-11,24H2,1-4H3;1H2. The molecule has 2 N–H and O–H groups in total. The van der Waals surface area contributed by atoms with Crippen LogP contribution in [0.25, 0.3) is 10.8 Å². The number of hydrogen-bond donors (Lipinski definition) is 0. The minimum Gasteiger partial charge on any atom is -0.456 e. The largest absolute Gasteiger partial charge is 0.456 e. The van der Waals surface area contributed by atoms with E-state index in [1.54, 1.807) is 14.0 Å². The zero-order valence-electron chi connectivity index (χ0n) is 27.4. The van der Waals surface area contributed by atoms with Gasteiger partial charge in [0.2, 0.25) is 0 Å². The fraction of sp³-hybridized carbons (Fsp3) is 0.317. The molecule has 4 nitrogen and oxygen atoms in total. The summed E-state index contributed by atoms with van der Waals surface area (Å²) in [6.07, 6.45) is 6.54. The Labute approximate surface area is 275 Å². The molecule has 1 aliphatic carbocycles. The molecule has 0 spiro atoms. The number of benzene rings is 5. The van der Waals surface area contributed by atoms with Crippen molar-refractivity contribution in [3.63, 3.8) is 0 Å². The molecular weight excluding hydrogens is 592 g/mol. The smallest absolute Gasteiger partial charge is 0.159 e. The first kappa shape index (κ1) is 31.3. The fourth-order valence-corrected chi connectivity index (χ4v) is 8.40. The molecule has 1 atom stereocenters. The predicted octanol–water partition coefficient (Wildman–Crippen LogP) is 10.1. The maximum atomic E-state index is 15.0. The van der Waals surface area contributed by atoms with Crippen LogP contribution in [0.3, 0.4) is 0 Å². The molecule has 1 saturated carbocycles. The van der Waals surface area contributed by atoms with E-state index in [-0.39, 0.29) is 10.9 Å². The van der Waals surface area contributed by atoms with Gasteiger partial charge in [0.25, 0.3) is 0 Å². The Morgan fingerprint density at radius 2 is 1.53 bits per heavy atom. The van der Waals surface area contributed by atoms with E-state index in [9.17, 15) is 8.78 Å². The zero-order valence-corrected chi connectivity index (χ0v) is 27.4. The van der Waals surface area contributed by atoms with E-state index in [0.29, 0.717) is 28.5 Å². The molecule has 2 heterocycles. The number of halogens is 2. The fourth-order valence-electron chi connectivity index (χ4n) is 8.40. The van der Waals surface area contributed by atoms with Crippen molar-refractivity contribution in [1.82, 2.24) is 0 Å². The Morgan fingerprint density at radius 1 is 0.787 bits per heavy atom. The second-order valence-corrected chi connectivity index (χ2v) is 14.0. The lowest BCUT2D eigenvalue weighted by Gasteiger charge is -2.41. The van der Waals surface area contributed by atoms with Gasteiger partial charge in [-0.05, 0) is 83.7 Å². The van der Waals surface area contributed by atoms with Gasteiger partial charge >= 0.3 is 0 Å². The van der Waals surface area contributed by atoms with E-state index in [1.165, 1.54) is 61.1 Å². The summed E-state index contributed by atoms with van der Waals surface area (Å²) in [7, 11) is 1.63. The van der Waals surface area contributed by atoms with Gasteiger partial charge < -0.3 is 19.8 Å². The minimum atomic E-state index is -1.22. The molecule has 1 unspecified atom stereocenters. The summed E-state index contributed by atoms with van der Waals surface area (Å²) < 4.78 is 42.7. The van der Waals surface area contributed by atoms with Gasteiger partial charge in [-0.3, -0.25) is 0 Å². The van der Waals surface area contributed by atoms with Crippen LogP contribution in [0.5, 0.6) is 11.5 Å². The second-order valence-electron chi connectivity index (χ2n) is 14.0. The highest BCUT2D eigenvalue weighted by molar-refractivity contribution is 5.92. The van der Waals surface area contributed by atoms with Crippen molar-refractivity contribution in [2.45, 2.75) is 69.8 Å². The Balaban J connectivity index is 0.00000351. The maximum Gasteiger partial charge on any atom is 0.159 e. The summed E-state index contributed by atoms with van der Waals surface area (Å²) in [5.74, 6) is 0.159. The summed E-state index contributed by atoms with van der Waals surface area (Å²) in [6, 6.07) is 28.0. The number of rotatable bonds is 4. The Bertz CT molecular complexity index is 2010. The van der Waals surface area contributed by atoms with Gasteiger partial charge in [0.1, 0.15) is 11.5 Å². The van der Waals surface area contributed by atoms with E-state index in [2.05, 4.69) is 49.1 Å². The molecule has 6 heteroatoms. The number of aryl methyl sites for hydroxylation is 1. The molecule has 0 radical (unpaired) electrons. The number of fused-ring (bicyclic) bond motifs is 5. The van der Waals surface area contributed by atoms with E-state index >= 15 is 0 Å². The summed E-state index contributed by atoms with van der Waals surface area (Å²) in [4.78, 5) is 2.39. The minimum absolute atomic E-state index is 0. The van der Waals surface area contributed by atoms with Crippen molar-refractivity contribution >= 4 is 22.1 Å². The monoisotopic (exact) mass is 633 g/mol. The number of methoxy groups -OCH3 is 1. The van der Waals surface area contributed by atoms with Gasteiger partial charge in [-0.25, -0.2) is 8.78 Å². The summed E-state index contributed by atoms with van der Waals surface area (Å²) in [5.41, 5.74) is 6.50. The lowest BCUT2D eigenvalue weighted by molar-refractivity contribution is 0.0493. The Morgan fingerprint density at radius 3 is 2.32 bits per heavy atom. The molecule has 0 bridgehead atoms. The third-order valence-electron chi connectivity index (χ3n) is 10.8. The highest BCUT2D eigenvalue weighted by Gasteiger charge is 2.47. The van der Waals surface area contributed by atoms with Crippen molar-refractivity contribution in [3.8, 4) is 11.5 Å². The molecule has 8 rings (SSSR count). The first-order valence-electron chi connectivity index (χ1n) is 16.5. The highest BCUT2D eigenvalue weighted by Crippen LogP contribution is 2.56. The lowest BCUT2D eigenvalue weighted by atomic mass is 9.75. The number of nitrogens with zero attached hydrogens (tertiary/aromatic N) is 1. The van der Waals surface area contributed by atoms with Crippen molar-refractivity contribution in [2.75, 3.05) is 18.6 Å². The van der Waals surface area contributed by atoms with Crippen molar-refractivity contribution in [1.29, 1.82) is 0 Å². The van der Waals surface area contributed by atoms with Gasteiger partial charge in [0.05, 0.1) is 0 Å². The van der Waals surface area contributed by atoms with E-state index < -0.39 is 17.2 Å². The molecule has 1 fully saturated rings. The zero-order chi connectivity index (χ0) is 31.8. The second kappa shape index (κ2) is 11.5.